The van der Waals surface area contributed by atoms with Gasteiger partial charge in [-0.2, -0.15) is 12.1 Å². The van der Waals surface area contributed by atoms with Crippen LogP contribution in [0.15, 0.2) is 120 Å². The van der Waals surface area contributed by atoms with Crippen LogP contribution in [0.3, 0.4) is 0 Å². The fourth-order valence-electron chi connectivity index (χ4n) is 2.78. The van der Waals surface area contributed by atoms with Gasteiger partial charge in [0.25, 0.3) is 0 Å². The van der Waals surface area contributed by atoms with E-state index in [1.165, 1.54) is 16.0 Å². The Labute approximate surface area is 171 Å². The zero-order valence-corrected chi connectivity index (χ0v) is 16.7. The van der Waals surface area contributed by atoms with Crippen LogP contribution in [0, 0.1) is 0 Å². The maximum absolute atomic E-state index is 2.30. The maximum atomic E-state index is 2.30. The first-order chi connectivity index (χ1) is 12.3. The zero-order valence-electron chi connectivity index (χ0n) is 14.7. The summed E-state index contributed by atoms with van der Waals surface area (Å²) in [5, 5.41) is 0. The summed E-state index contributed by atoms with van der Waals surface area (Å²) >= 11 is 1.90. The molecule has 1 atom stereocenters. The van der Waals surface area contributed by atoms with Gasteiger partial charge in [-0.3, -0.25) is 0 Å². The molecule has 0 aliphatic carbocycles. The largest absolute Gasteiger partial charge is 0.748 e. The van der Waals surface area contributed by atoms with E-state index in [1.807, 2.05) is 42.1 Å². The third kappa shape index (κ3) is 5.25. The summed E-state index contributed by atoms with van der Waals surface area (Å²) in [4.78, 5) is 1.29. The zero-order chi connectivity index (χ0) is 17.4. The maximum Gasteiger partial charge on any atom is 0.0234 e. The molecule has 138 valence electrons. The van der Waals surface area contributed by atoms with Gasteiger partial charge in [0.2, 0.25) is 0 Å². The molecule has 0 saturated carbocycles. The van der Waals surface area contributed by atoms with Crippen LogP contribution in [0.25, 0.3) is 0 Å². The SMILES string of the molecule is CC(Sc1ccccc1)(c1ccccc1)[c-]1cccc1.[Fe].[cH-]1[cH-][cH-][cH-][cH-]1. The predicted octanol–water partition coefficient (Wildman–Crippen LogP) is 6.86. The van der Waals surface area contributed by atoms with Crippen molar-refractivity contribution in [2.45, 2.75) is 16.6 Å². The van der Waals surface area contributed by atoms with Gasteiger partial charge in [-0.05, 0) is 17.7 Å². The average molecular weight is 398 g/mol. The molecule has 0 N–H and O–H groups in total. The number of hydrogen-bond acceptors (Lipinski definition) is 1. The summed E-state index contributed by atoms with van der Waals surface area (Å²) in [5.41, 5.74) is 2.68. The van der Waals surface area contributed by atoms with E-state index in [2.05, 4.69) is 91.9 Å². The molecule has 0 aliphatic heterocycles. The van der Waals surface area contributed by atoms with Gasteiger partial charge in [0.15, 0.2) is 0 Å². The molecule has 0 heterocycles. The predicted molar refractivity (Wildman–Crippen MR) is 109 cm³/mol. The van der Waals surface area contributed by atoms with Crippen molar-refractivity contribution in [3.05, 3.63) is 126 Å². The normalized spacial score (nSPS) is 12.2. The van der Waals surface area contributed by atoms with Crippen molar-refractivity contribution in [3.63, 3.8) is 0 Å². The molecule has 0 nitrogen and oxygen atoms in total. The van der Waals surface area contributed by atoms with Gasteiger partial charge < -0.3 is 30.3 Å². The Hall–Kier alpha value is -1.99. The third-order valence-electron chi connectivity index (χ3n) is 4.16. The van der Waals surface area contributed by atoms with Crippen molar-refractivity contribution in [2.24, 2.45) is 0 Å². The molecule has 0 saturated heterocycles. The Morgan fingerprint density at radius 1 is 0.692 bits per heavy atom. The van der Waals surface area contributed by atoms with Crippen LogP contribution in [0.5, 0.6) is 0 Å². The van der Waals surface area contributed by atoms with Crippen molar-refractivity contribution in [2.75, 3.05) is 0 Å². The molecule has 0 aliphatic rings. The van der Waals surface area contributed by atoms with Crippen LogP contribution < -0.4 is 0 Å². The first-order valence-corrected chi connectivity index (χ1v) is 9.29. The molecule has 1 unspecified atom stereocenters. The molecule has 2 heteroatoms. The van der Waals surface area contributed by atoms with Crippen LogP contribution in [-0.4, -0.2) is 0 Å². The van der Waals surface area contributed by atoms with E-state index in [0.717, 1.165) is 0 Å². The molecular formula is C24H22FeS-6. The number of thioether (sulfide) groups is 1. The van der Waals surface area contributed by atoms with E-state index in [9.17, 15) is 0 Å². The van der Waals surface area contributed by atoms with Crippen molar-refractivity contribution < 1.29 is 17.1 Å². The third-order valence-corrected chi connectivity index (χ3v) is 5.55. The van der Waals surface area contributed by atoms with Gasteiger partial charge in [-0.1, -0.05) is 55.5 Å². The Morgan fingerprint density at radius 2 is 1.15 bits per heavy atom. The molecule has 4 rings (SSSR count). The quantitative estimate of drug-likeness (QED) is 0.205. The summed E-state index contributed by atoms with van der Waals surface area (Å²) in [6.07, 6.45) is 0. The summed E-state index contributed by atoms with van der Waals surface area (Å²) in [5.74, 6) is 0. The fourth-order valence-corrected chi connectivity index (χ4v) is 4.05. The van der Waals surface area contributed by atoms with Gasteiger partial charge in [-0.25, -0.2) is 12.1 Å². The van der Waals surface area contributed by atoms with Crippen molar-refractivity contribution >= 4 is 11.8 Å². The van der Waals surface area contributed by atoms with Gasteiger partial charge in [0.05, 0.1) is 0 Å². The number of hydrogen-bond donors (Lipinski definition) is 0. The van der Waals surface area contributed by atoms with Crippen LogP contribution in [0.1, 0.15) is 18.1 Å². The van der Waals surface area contributed by atoms with E-state index >= 15 is 0 Å². The molecule has 0 amide bonds. The monoisotopic (exact) mass is 398 g/mol. The molecule has 0 spiro atoms. The van der Waals surface area contributed by atoms with Crippen LogP contribution in [0.4, 0.5) is 0 Å². The topological polar surface area (TPSA) is 0 Å². The van der Waals surface area contributed by atoms with Gasteiger partial charge in [0.1, 0.15) is 0 Å². The molecule has 4 aromatic rings. The van der Waals surface area contributed by atoms with E-state index in [0.29, 0.717) is 0 Å². The summed E-state index contributed by atoms with van der Waals surface area (Å²) in [7, 11) is 0. The summed E-state index contributed by atoms with van der Waals surface area (Å²) in [6, 6.07) is 40.0. The summed E-state index contributed by atoms with van der Waals surface area (Å²) < 4.78 is -0.0634. The molecule has 0 fully saturated rings. The van der Waals surface area contributed by atoms with Crippen molar-refractivity contribution in [1.29, 1.82) is 0 Å². The first kappa shape index (κ1) is 20.3. The second kappa shape index (κ2) is 10.2. The molecule has 26 heavy (non-hydrogen) atoms. The molecule has 0 radical (unpaired) electrons. The second-order valence-corrected chi connectivity index (χ2v) is 7.44. The van der Waals surface area contributed by atoms with Gasteiger partial charge >= 0.3 is 0 Å². The van der Waals surface area contributed by atoms with E-state index < -0.39 is 0 Å². The smallest absolute Gasteiger partial charge is 0.0234 e. The minimum absolute atomic E-state index is 0. The minimum atomic E-state index is -0.0634. The van der Waals surface area contributed by atoms with Crippen LogP contribution in [-0.2, 0) is 21.8 Å². The van der Waals surface area contributed by atoms with Gasteiger partial charge in [0, 0.05) is 26.7 Å². The van der Waals surface area contributed by atoms with E-state index in [4.69, 9.17) is 0 Å². The van der Waals surface area contributed by atoms with Crippen molar-refractivity contribution in [3.8, 4) is 0 Å². The Bertz CT molecular complexity index is 803. The molecule has 4 aromatic carbocycles. The number of benzene rings is 2. The Kier molecular flexibility index (Phi) is 8.00. The second-order valence-electron chi connectivity index (χ2n) is 5.95. The fraction of sp³-hybridized carbons (Fsp3) is 0.0833. The summed E-state index contributed by atoms with van der Waals surface area (Å²) in [6.45, 7) is 2.30. The minimum Gasteiger partial charge on any atom is -0.748 e. The average Bonchev–Trinajstić information content (AvgIpc) is 3.40. The first-order valence-electron chi connectivity index (χ1n) is 8.47. The molecular weight excluding hydrogens is 376 g/mol. The standard InChI is InChI=1S/C19H17S.C5H5.Fe/c1-19(17-12-8-9-13-17,16-10-4-2-5-11-16)20-18-14-6-3-7-15-18;1-2-4-5-3-1;/h2-15H,1H3;1-5H;/q-1;-5;. The molecule has 0 bridgehead atoms. The Morgan fingerprint density at radius 3 is 1.65 bits per heavy atom. The van der Waals surface area contributed by atoms with Crippen LogP contribution >= 0.6 is 11.8 Å². The molecule has 0 aromatic heterocycles. The van der Waals surface area contributed by atoms with Crippen LogP contribution in [0.2, 0.25) is 0 Å². The van der Waals surface area contributed by atoms with E-state index in [-0.39, 0.29) is 21.8 Å². The van der Waals surface area contributed by atoms with Gasteiger partial charge in [-0.15, -0.1) is 17.3 Å². The van der Waals surface area contributed by atoms with Crippen molar-refractivity contribution in [1.82, 2.24) is 0 Å². The number of rotatable bonds is 4. The van der Waals surface area contributed by atoms with E-state index in [1.54, 1.807) is 0 Å². The Balaban J connectivity index is 0.000000351.